The summed E-state index contributed by atoms with van der Waals surface area (Å²) in [5.41, 5.74) is 0.419. The van der Waals surface area contributed by atoms with E-state index in [9.17, 15) is 8.42 Å². The van der Waals surface area contributed by atoms with Crippen LogP contribution in [-0.4, -0.2) is 18.4 Å². The number of benzene rings is 1. The quantitative estimate of drug-likeness (QED) is 0.875. The fourth-order valence-corrected chi connectivity index (χ4v) is 3.05. The number of hydrogen-bond donors (Lipinski definition) is 2. The molecular formula is C13H14N4O2S. The van der Waals surface area contributed by atoms with E-state index in [1.807, 2.05) is 13.0 Å². The molecular weight excluding hydrogens is 276 g/mol. The SMILES string of the molecule is CCC(NS(=O)(=O)c1ccc(C#N)cc1)c1ncc[nH]1. The Hall–Kier alpha value is -2.17. The van der Waals surface area contributed by atoms with Crippen molar-refractivity contribution in [1.29, 1.82) is 5.26 Å². The van der Waals surface area contributed by atoms with E-state index in [-0.39, 0.29) is 4.90 Å². The highest BCUT2D eigenvalue weighted by molar-refractivity contribution is 7.89. The van der Waals surface area contributed by atoms with Gasteiger partial charge in [-0.2, -0.15) is 5.26 Å². The fourth-order valence-electron chi connectivity index (χ4n) is 1.76. The summed E-state index contributed by atoms with van der Waals surface area (Å²) in [7, 11) is -3.64. The molecule has 1 atom stereocenters. The van der Waals surface area contributed by atoms with Crippen LogP contribution >= 0.6 is 0 Å². The van der Waals surface area contributed by atoms with Crippen molar-refractivity contribution in [2.45, 2.75) is 24.3 Å². The van der Waals surface area contributed by atoms with Crippen molar-refractivity contribution < 1.29 is 8.42 Å². The number of rotatable bonds is 5. The van der Waals surface area contributed by atoms with E-state index in [2.05, 4.69) is 14.7 Å². The standard InChI is InChI=1S/C13H14N4O2S/c1-2-12(13-15-7-8-16-13)17-20(18,19)11-5-3-10(9-14)4-6-11/h3-8,12,17H,2H2,1H3,(H,15,16). The van der Waals surface area contributed by atoms with Crippen LogP contribution in [0.4, 0.5) is 0 Å². The summed E-state index contributed by atoms with van der Waals surface area (Å²) in [4.78, 5) is 7.09. The monoisotopic (exact) mass is 290 g/mol. The lowest BCUT2D eigenvalue weighted by atomic mass is 10.2. The molecule has 2 rings (SSSR count). The van der Waals surface area contributed by atoms with Gasteiger partial charge in [-0.3, -0.25) is 0 Å². The number of nitriles is 1. The maximum absolute atomic E-state index is 12.3. The van der Waals surface area contributed by atoms with Crippen LogP contribution < -0.4 is 4.72 Å². The van der Waals surface area contributed by atoms with Gasteiger partial charge in [0.15, 0.2) is 0 Å². The van der Waals surface area contributed by atoms with Crippen molar-refractivity contribution in [3.8, 4) is 6.07 Å². The van der Waals surface area contributed by atoms with E-state index in [0.29, 0.717) is 17.8 Å². The molecule has 1 heterocycles. The average molecular weight is 290 g/mol. The molecule has 0 aliphatic carbocycles. The molecule has 0 aliphatic rings. The van der Waals surface area contributed by atoms with Gasteiger partial charge in [-0.15, -0.1) is 0 Å². The molecule has 1 aromatic carbocycles. The molecule has 7 heteroatoms. The van der Waals surface area contributed by atoms with Crippen LogP contribution in [0.5, 0.6) is 0 Å². The lowest BCUT2D eigenvalue weighted by Crippen LogP contribution is -2.29. The molecule has 104 valence electrons. The van der Waals surface area contributed by atoms with Gasteiger partial charge < -0.3 is 4.98 Å². The van der Waals surface area contributed by atoms with Crippen molar-refractivity contribution in [3.63, 3.8) is 0 Å². The fraction of sp³-hybridized carbons (Fsp3) is 0.231. The topological polar surface area (TPSA) is 98.6 Å². The number of aromatic amines is 1. The van der Waals surface area contributed by atoms with Crippen molar-refractivity contribution in [1.82, 2.24) is 14.7 Å². The molecule has 2 aromatic rings. The number of sulfonamides is 1. The van der Waals surface area contributed by atoms with Gasteiger partial charge in [0, 0.05) is 12.4 Å². The second-order valence-corrected chi connectivity index (χ2v) is 5.91. The lowest BCUT2D eigenvalue weighted by molar-refractivity contribution is 0.539. The lowest BCUT2D eigenvalue weighted by Gasteiger charge is -2.15. The number of nitrogens with zero attached hydrogens (tertiary/aromatic N) is 2. The Kier molecular flexibility index (Phi) is 4.17. The number of imidazole rings is 1. The van der Waals surface area contributed by atoms with Crippen LogP contribution in [0, 0.1) is 11.3 Å². The molecule has 0 amide bonds. The molecule has 0 radical (unpaired) electrons. The van der Waals surface area contributed by atoms with Gasteiger partial charge in [0.05, 0.1) is 22.6 Å². The van der Waals surface area contributed by atoms with Gasteiger partial charge in [-0.1, -0.05) is 6.92 Å². The summed E-state index contributed by atoms with van der Waals surface area (Å²) in [5, 5.41) is 8.71. The Balaban J connectivity index is 2.24. The van der Waals surface area contributed by atoms with Gasteiger partial charge in [0.2, 0.25) is 10.0 Å². The molecule has 0 fully saturated rings. The Morgan fingerprint density at radius 1 is 1.40 bits per heavy atom. The first kappa shape index (κ1) is 14.2. The highest BCUT2D eigenvalue weighted by Crippen LogP contribution is 2.17. The molecule has 1 aromatic heterocycles. The third-order valence-electron chi connectivity index (χ3n) is 2.85. The zero-order chi connectivity index (χ0) is 14.6. The largest absolute Gasteiger partial charge is 0.347 e. The second-order valence-electron chi connectivity index (χ2n) is 4.19. The number of aromatic nitrogens is 2. The van der Waals surface area contributed by atoms with Crippen LogP contribution in [-0.2, 0) is 10.0 Å². The van der Waals surface area contributed by atoms with E-state index >= 15 is 0 Å². The van der Waals surface area contributed by atoms with Crippen LogP contribution in [0.3, 0.4) is 0 Å². The van der Waals surface area contributed by atoms with E-state index in [4.69, 9.17) is 5.26 Å². The summed E-state index contributed by atoms with van der Waals surface area (Å²) >= 11 is 0. The zero-order valence-electron chi connectivity index (χ0n) is 10.9. The molecule has 20 heavy (non-hydrogen) atoms. The number of hydrogen-bond acceptors (Lipinski definition) is 4. The molecule has 1 unspecified atom stereocenters. The van der Waals surface area contributed by atoms with Crippen molar-refractivity contribution in [2.75, 3.05) is 0 Å². The third kappa shape index (κ3) is 3.04. The van der Waals surface area contributed by atoms with Crippen LogP contribution in [0.25, 0.3) is 0 Å². The van der Waals surface area contributed by atoms with E-state index < -0.39 is 16.1 Å². The summed E-state index contributed by atoms with van der Waals surface area (Å²) in [6.45, 7) is 1.87. The van der Waals surface area contributed by atoms with Gasteiger partial charge in [-0.25, -0.2) is 18.1 Å². The molecule has 0 spiro atoms. The Labute approximate surface area is 117 Å². The second kappa shape index (κ2) is 5.86. The van der Waals surface area contributed by atoms with Gasteiger partial charge >= 0.3 is 0 Å². The van der Waals surface area contributed by atoms with Crippen molar-refractivity contribution >= 4 is 10.0 Å². The van der Waals surface area contributed by atoms with Crippen LogP contribution in [0.2, 0.25) is 0 Å². The van der Waals surface area contributed by atoms with E-state index in [1.165, 1.54) is 24.3 Å². The molecule has 6 nitrogen and oxygen atoms in total. The van der Waals surface area contributed by atoms with E-state index in [0.717, 1.165) is 0 Å². The summed E-state index contributed by atoms with van der Waals surface area (Å²) in [5.74, 6) is 0.574. The minimum atomic E-state index is -3.64. The minimum Gasteiger partial charge on any atom is -0.347 e. The normalized spacial score (nSPS) is 12.8. The van der Waals surface area contributed by atoms with Crippen molar-refractivity contribution in [2.24, 2.45) is 0 Å². The average Bonchev–Trinajstić information content (AvgIpc) is 2.99. The summed E-state index contributed by atoms with van der Waals surface area (Å²) in [6.07, 6.45) is 3.80. The first-order chi connectivity index (χ1) is 9.56. The molecule has 0 saturated carbocycles. The van der Waals surface area contributed by atoms with E-state index in [1.54, 1.807) is 12.4 Å². The molecule has 0 aliphatic heterocycles. The predicted octanol–water partition coefficient (Wildman–Crippen LogP) is 1.71. The van der Waals surface area contributed by atoms with Gasteiger partial charge in [0.25, 0.3) is 0 Å². The van der Waals surface area contributed by atoms with Gasteiger partial charge in [-0.05, 0) is 30.7 Å². The smallest absolute Gasteiger partial charge is 0.241 e. The number of nitrogens with one attached hydrogen (secondary N) is 2. The number of H-pyrrole nitrogens is 1. The first-order valence-corrected chi connectivity index (χ1v) is 7.57. The van der Waals surface area contributed by atoms with Crippen LogP contribution in [0.1, 0.15) is 30.8 Å². The first-order valence-electron chi connectivity index (χ1n) is 6.08. The Bertz CT molecular complexity index is 700. The third-order valence-corrected chi connectivity index (χ3v) is 4.34. The highest BCUT2D eigenvalue weighted by atomic mass is 32.2. The summed E-state index contributed by atoms with van der Waals surface area (Å²) in [6, 6.07) is 7.31. The molecule has 0 saturated heterocycles. The zero-order valence-corrected chi connectivity index (χ0v) is 11.7. The Morgan fingerprint density at radius 2 is 2.10 bits per heavy atom. The molecule has 2 N–H and O–H groups in total. The highest BCUT2D eigenvalue weighted by Gasteiger charge is 2.21. The van der Waals surface area contributed by atoms with Gasteiger partial charge in [0.1, 0.15) is 5.82 Å². The summed E-state index contributed by atoms with van der Waals surface area (Å²) < 4.78 is 27.1. The maximum atomic E-state index is 12.3. The van der Waals surface area contributed by atoms with Crippen molar-refractivity contribution in [3.05, 3.63) is 48.0 Å². The van der Waals surface area contributed by atoms with Crippen LogP contribution in [0.15, 0.2) is 41.6 Å². The minimum absolute atomic E-state index is 0.126. The predicted molar refractivity (Wildman–Crippen MR) is 73.1 cm³/mol. The Morgan fingerprint density at radius 3 is 2.60 bits per heavy atom. The maximum Gasteiger partial charge on any atom is 0.241 e. The molecule has 0 bridgehead atoms.